The van der Waals surface area contributed by atoms with Crippen molar-refractivity contribution in [1.29, 1.82) is 0 Å². The lowest BCUT2D eigenvalue weighted by Crippen LogP contribution is -2.47. The monoisotopic (exact) mass is 426 g/mol. The zero-order valence-corrected chi connectivity index (χ0v) is 17.6. The number of piperidine rings is 1. The lowest BCUT2D eigenvalue weighted by molar-refractivity contribution is -0.122. The van der Waals surface area contributed by atoms with Crippen molar-refractivity contribution in [1.82, 2.24) is 20.8 Å². The second-order valence-corrected chi connectivity index (χ2v) is 7.44. The number of ether oxygens (including phenoxy) is 1. The summed E-state index contributed by atoms with van der Waals surface area (Å²) in [5, 5.41) is 10.3. The Balaban J connectivity index is 0.00000300. The molecule has 3 rings (SSSR count). The molecule has 1 aliphatic heterocycles. The summed E-state index contributed by atoms with van der Waals surface area (Å²) in [4.78, 5) is 16.6. The van der Waals surface area contributed by atoms with Crippen molar-refractivity contribution in [2.24, 2.45) is 5.41 Å². The number of carbonyl (C=O) groups is 1. The summed E-state index contributed by atoms with van der Waals surface area (Å²) in [6.45, 7) is 4.80. The van der Waals surface area contributed by atoms with Crippen LogP contribution in [0.4, 0.5) is 4.39 Å². The Morgan fingerprint density at radius 1 is 1.38 bits per heavy atom. The minimum absolute atomic E-state index is 0. The van der Waals surface area contributed by atoms with E-state index in [9.17, 15) is 9.18 Å². The first kappa shape index (κ1) is 23.3. The molecule has 29 heavy (non-hydrogen) atoms. The van der Waals surface area contributed by atoms with Crippen LogP contribution < -0.4 is 10.6 Å². The maximum absolute atomic E-state index is 13.4. The number of amides is 1. The third kappa shape index (κ3) is 6.22. The van der Waals surface area contributed by atoms with Gasteiger partial charge in [-0.15, -0.1) is 12.4 Å². The molecule has 1 saturated heterocycles. The Morgan fingerprint density at radius 2 is 2.14 bits per heavy atom. The number of halogens is 2. The number of benzene rings is 1. The molecule has 0 bridgehead atoms. The summed E-state index contributed by atoms with van der Waals surface area (Å²) in [6.07, 6.45) is 2.58. The van der Waals surface area contributed by atoms with Gasteiger partial charge in [-0.2, -0.15) is 4.98 Å². The quantitative estimate of drug-likeness (QED) is 0.674. The third-order valence-corrected chi connectivity index (χ3v) is 5.23. The van der Waals surface area contributed by atoms with Gasteiger partial charge in [-0.05, 0) is 56.6 Å². The smallest absolute Gasteiger partial charge is 0.227 e. The standard InChI is InChI=1S/C20H27FN4O3.ClH/c1-14-11-15(3-4-16(14)21)19-24-18(28-25-19)6-5-17(26)23-12-20(13-27-2)7-9-22-10-8-20;/h3-4,11,22H,5-10,12-13H2,1-2H3,(H,23,26);1H. The zero-order valence-electron chi connectivity index (χ0n) is 16.8. The number of nitrogens with one attached hydrogen (secondary N) is 2. The first-order valence-corrected chi connectivity index (χ1v) is 9.57. The van der Waals surface area contributed by atoms with Gasteiger partial charge in [0.05, 0.1) is 6.61 Å². The molecule has 7 nitrogen and oxygen atoms in total. The Kier molecular flexibility index (Phi) is 8.55. The van der Waals surface area contributed by atoms with Crippen LogP contribution >= 0.6 is 12.4 Å². The molecule has 1 fully saturated rings. The lowest BCUT2D eigenvalue weighted by atomic mass is 9.79. The fourth-order valence-electron chi connectivity index (χ4n) is 3.49. The average Bonchev–Trinajstić information content (AvgIpc) is 3.17. The topological polar surface area (TPSA) is 89.3 Å². The molecule has 9 heteroatoms. The van der Waals surface area contributed by atoms with E-state index >= 15 is 0 Å². The van der Waals surface area contributed by atoms with Crippen LogP contribution in [0.25, 0.3) is 11.4 Å². The molecule has 1 aromatic heterocycles. The van der Waals surface area contributed by atoms with E-state index in [0.29, 0.717) is 42.4 Å². The van der Waals surface area contributed by atoms with E-state index in [1.54, 1.807) is 26.2 Å². The van der Waals surface area contributed by atoms with Crippen LogP contribution in [0.15, 0.2) is 22.7 Å². The summed E-state index contributed by atoms with van der Waals surface area (Å²) >= 11 is 0. The second kappa shape index (κ2) is 10.7. The van der Waals surface area contributed by atoms with Gasteiger partial charge in [0.15, 0.2) is 0 Å². The molecule has 0 atom stereocenters. The minimum Gasteiger partial charge on any atom is -0.384 e. The van der Waals surface area contributed by atoms with Gasteiger partial charge in [-0.1, -0.05) is 5.16 Å². The number of carbonyl (C=O) groups excluding carboxylic acids is 1. The third-order valence-electron chi connectivity index (χ3n) is 5.23. The predicted molar refractivity (Wildman–Crippen MR) is 109 cm³/mol. The molecule has 2 N–H and O–H groups in total. The van der Waals surface area contributed by atoms with Crippen LogP contribution in [-0.4, -0.2) is 49.4 Å². The lowest BCUT2D eigenvalue weighted by Gasteiger charge is -2.37. The summed E-state index contributed by atoms with van der Waals surface area (Å²) in [7, 11) is 1.70. The van der Waals surface area contributed by atoms with Gasteiger partial charge < -0.3 is 19.9 Å². The molecule has 2 aromatic rings. The summed E-state index contributed by atoms with van der Waals surface area (Å²) in [6, 6.07) is 4.66. The van der Waals surface area contributed by atoms with Gasteiger partial charge in [0.1, 0.15) is 5.82 Å². The van der Waals surface area contributed by atoms with E-state index in [4.69, 9.17) is 9.26 Å². The normalized spacial score (nSPS) is 15.6. The van der Waals surface area contributed by atoms with Crippen molar-refractivity contribution in [3.8, 4) is 11.4 Å². The van der Waals surface area contributed by atoms with E-state index < -0.39 is 0 Å². The summed E-state index contributed by atoms with van der Waals surface area (Å²) in [5.41, 5.74) is 1.20. The molecule has 0 spiro atoms. The first-order valence-electron chi connectivity index (χ1n) is 9.57. The molecule has 1 amide bonds. The van der Waals surface area contributed by atoms with Gasteiger partial charge in [0, 0.05) is 37.5 Å². The van der Waals surface area contributed by atoms with E-state index in [1.165, 1.54) is 6.07 Å². The molecule has 160 valence electrons. The van der Waals surface area contributed by atoms with E-state index in [0.717, 1.165) is 25.9 Å². The highest BCUT2D eigenvalue weighted by atomic mass is 35.5. The molecule has 0 saturated carbocycles. The Bertz CT molecular complexity index is 803. The van der Waals surface area contributed by atoms with E-state index in [-0.39, 0.29) is 36.0 Å². The molecule has 0 aliphatic carbocycles. The summed E-state index contributed by atoms with van der Waals surface area (Å²) < 4.78 is 24.0. The Labute approximate surface area is 176 Å². The number of rotatable bonds is 8. The van der Waals surface area contributed by atoms with Gasteiger partial charge in [0.25, 0.3) is 0 Å². The van der Waals surface area contributed by atoms with Crippen molar-refractivity contribution < 1.29 is 18.4 Å². The van der Waals surface area contributed by atoms with Crippen LogP contribution in [0, 0.1) is 18.2 Å². The van der Waals surface area contributed by atoms with Gasteiger partial charge in [-0.25, -0.2) is 4.39 Å². The number of nitrogens with zero attached hydrogens (tertiary/aromatic N) is 2. The number of aromatic nitrogens is 2. The number of aryl methyl sites for hydroxylation is 2. The summed E-state index contributed by atoms with van der Waals surface area (Å²) in [5.74, 6) is 0.461. The van der Waals surface area contributed by atoms with E-state index in [2.05, 4.69) is 20.8 Å². The van der Waals surface area contributed by atoms with Crippen molar-refractivity contribution in [2.45, 2.75) is 32.6 Å². The maximum Gasteiger partial charge on any atom is 0.227 e. The molecule has 1 aliphatic rings. The first-order chi connectivity index (χ1) is 13.5. The van der Waals surface area contributed by atoms with Gasteiger partial charge in [-0.3, -0.25) is 4.79 Å². The van der Waals surface area contributed by atoms with Crippen molar-refractivity contribution in [3.63, 3.8) is 0 Å². The highest BCUT2D eigenvalue weighted by Gasteiger charge is 2.32. The van der Waals surface area contributed by atoms with Gasteiger partial charge >= 0.3 is 0 Å². The average molecular weight is 427 g/mol. The molecule has 2 heterocycles. The number of methoxy groups -OCH3 is 1. The molecule has 1 aromatic carbocycles. The van der Waals surface area contributed by atoms with Crippen molar-refractivity contribution in [3.05, 3.63) is 35.5 Å². The molecule has 0 radical (unpaired) electrons. The molecular formula is C20H28ClFN4O3. The number of hydrogen-bond donors (Lipinski definition) is 2. The number of hydrogen-bond acceptors (Lipinski definition) is 6. The van der Waals surface area contributed by atoms with Crippen LogP contribution in [0.3, 0.4) is 0 Å². The van der Waals surface area contributed by atoms with Crippen LogP contribution in [-0.2, 0) is 16.0 Å². The SMILES string of the molecule is COCC1(CNC(=O)CCc2nc(-c3ccc(F)c(C)c3)no2)CCNCC1.Cl. The molecular weight excluding hydrogens is 399 g/mol. The maximum atomic E-state index is 13.4. The highest BCUT2D eigenvalue weighted by molar-refractivity contribution is 5.85. The van der Waals surface area contributed by atoms with Crippen molar-refractivity contribution in [2.75, 3.05) is 33.4 Å². The van der Waals surface area contributed by atoms with Crippen LogP contribution in [0.1, 0.15) is 30.7 Å². The Hall–Kier alpha value is -2.03. The molecule has 0 unspecified atom stereocenters. The fraction of sp³-hybridized carbons (Fsp3) is 0.550. The van der Waals surface area contributed by atoms with Crippen LogP contribution in [0.5, 0.6) is 0 Å². The minimum atomic E-state index is -0.274. The predicted octanol–water partition coefficient (Wildman–Crippen LogP) is 2.67. The Morgan fingerprint density at radius 3 is 2.83 bits per heavy atom. The van der Waals surface area contributed by atoms with E-state index in [1.807, 2.05) is 0 Å². The van der Waals surface area contributed by atoms with Crippen molar-refractivity contribution >= 4 is 18.3 Å². The highest BCUT2D eigenvalue weighted by Crippen LogP contribution is 2.28. The van der Waals surface area contributed by atoms with Crippen LogP contribution in [0.2, 0.25) is 0 Å². The second-order valence-electron chi connectivity index (χ2n) is 7.44. The largest absolute Gasteiger partial charge is 0.384 e. The zero-order chi connectivity index (χ0) is 20.0. The van der Waals surface area contributed by atoms with Gasteiger partial charge in [0.2, 0.25) is 17.6 Å². The fourth-order valence-corrected chi connectivity index (χ4v) is 3.49.